The largest absolute Gasteiger partial charge is 0.497 e. The minimum Gasteiger partial charge on any atom is -0.497 e. The maximum Gasteiger partial charge on any atom is 0.252 e. The fourth-order valence-electron chi connectivity index (χ4n) is 5.05. The molecule has 1 saturated heterocycles. The Morgan fingerprint density at radius 3 is 2.29 bits per heavy atom. The van der Waals surface area contributed by atoms with Crippen LogP contribution in [0.25, 0.3) is 11.1 Å². The fraction of sp³-hybridized carbons (Fsp3) is 0.387. The monoisotopic (exact) mass is 470 g/mol. The van der Waals surface area contributed by atoms with E-state index in [9.17, 15) is 4.79 Å². The van der Waals surface area contributed by atoms with Gasteiger partial charge in [0.25, 0.3) is 5.91 Å². The van der Waals surface area contributed by atoms with Crippen LogP contribution in [0.1, 0.15) is 55.5 Å². The Labute approximate surface area is 210 Å². The molecule has 1 amide bonds. The average Bonchev–Trinajstić information content (AvgIpc) is 2.90. The lowest BCUT2D eigenvalue weighted by atomic mass is 9.80. The molecule has 4 nitrogen and oxygen atoms in total. The van der Waals surface area contributed by atoms with Crippen LogP contribution in [0.5, 0.6) is 5.75 Å². The van der Waals surface area contributed by atoms with E-state index >= 15 is 0 Å². The molecule has 3 aromatic rings. The number of piperidine rings is 1. The summed E-state index contributed by atoms with van der Waals surface area (Å²) < 4.78 is 5.27. The van der Waals surface area contributed by atoms with Crippen molar-refractivity contribution in [3.63, 3.8) is 0 Å². The number of carbonyl (C=O) groups is 1. The Balaban J connectivity index is 1.27. The summed E-state index contributed by atoms with van der Waals surface area (Å²) in [4.78, 5) is 15.7. The van der Waals surface area contributed by atoms with E-state index in [4.69, 9.17) is 4.74 Å². The van der Waals surface area contributed by atoms with Gasteiger partial charge in [0.05, 0.1) is 7.11 Å². The van der Waals surface area contributed by atoms with Crippen molar-refractivity contribution in [3.8, 4) is 16.9 Å². The van der Waals surface area contributed by atoms with E-state index in [0.29, 0.717) is 0 Å². The molecule has 184 valence electrons. The van der Waals surface area contributed by atoms with Gasteiger partial charge >= 0.3 is 0 Å². The molecule has 1 heterocycles. The normalized spacial score (nSPS) is 15.1. The Bertz CT molecular complexity index is 1080. The fourth-order valence-corrected chi connectivity index (χ4v) is 5.05. The first-order valence-corrected chi connectivity index (χ1v) is 12.8. The summed E-state index contributed by atoms with van der Waals surface area (Å²) in [6.07, 6.45) is 4.36. The van der Waals surface area contributed by atoms with Crippen molar-refractivity contribution >= 4 is 5.91 Å². The zero-order chi connectivity index (χ0) is 24.7. The summed E-state index contributed by atoms with van der Waals surface area (Å²) in [5, 5.41) is 3.30. The predicted molar refractivity (Wildman–Crippen MR) is 144 cm³/mol. The molecule has 1 N–H and O–H groups in total. The highest BCUT2D eigenvalue weighted by molar-refractivity contribution is 6.01. The van der Waals surface area contributed by atoms with Crippen molar-refractivity contribution in [1.29, 1.82) is 0 Å². The highest BCUT2D eigenvalue weighted by Gasteiger charge is 2.24. The molecule has 0 aromatic heterocycles. The van der Waals surface area contributed by atoms with Crippen molar-refractivity contribution in [2.45, 2.75) is 51.0 Å². The van der Waals surface area contributed by atoms with Gasteiger partial charge in [0, 0.05) is 24.7 Å². The topological polar surface area (TPSA) is 41.6 Å². The van der Waals surface area contributed by atoms with Gasteiger partial charge in [-0.25, -0.2) is 0 Å². The second-order valence-corrected chi connectivity index (χ2v) is 10.2. The van der Waals surface area contributed by atoms with Crippen LogP contribution >= 0.6 is 0 Å². The smallest absolute Gasteiger partial charge is 0.252 e. The number of hydrogen-bond acceptors (Lipinski definition) is 3. The van der Waals surface area contributed by atoms with E-state index < -0.39 is 0 Å². The molecule has 1 aliphatic rings. The van der Waals surface area contributed by atoms with E-state index in [2.05, 4.69) is 54.4 Å². The number of nitrogens with one attached hydrogen (secondary N) is 1. The molecular weight excluding hydrogens is 432 g/mol. The van der Waals surface area contributed by atoms with Crippen LogP contribution in [0.15, 0.2) is 78.9 Å². The minimum absolute atomic E-state index is 0.0134. The zero-order valence-corrected chi connectivity index (χ0v) is 21.3. The molecule has 0 radical (unpaired) electrons. The van der Waals surface area contributed by atoms with Crippen LogP contribution in [0.4, 0.5) is 0 Å². The second kappa shape index (κ2) is 11.5. The molecule has 0 saturated carbocycles. The maximum absolute atomic E-state index is 13.2. The first-order valence-electron chi connectivity index (χ1n) is 12.8. The Morgan fingerprint density at radius 2 is 1.60 bits per heavy atom. The Kier molecular flexibility index (Phi) is 8.25. The average molecular weight is 471 g/mol. The SMILES string of the molecule is COc1ccc(-c2ccccc2C(=O)NC2CCN(CCCC(C)(C)c3ccccc3)CC2)cc1. The first-order chi connectivity index (χ1) is 17.0. The lowest BCUT2D eigenvalue weighted by Gasteiger charge is -2.33. The molecule has 1 aliphatic heterocycles. The van der Waals surface area contributed by atoms with Crippen LogP contribution in [0.2, 0.25) is 0 Å². The summed E-state index contributed by atoms with van der Waals surface area (Å²) in [6.45, 7) is 7.88. The number of likely N-dealkylation sites (tertiary alicyclic amines) is 1. The molecule has 0 aliphatic carbocycles. The standard InChI is InChI=1S/C31H38N2O2/c1-31(2,25-10-5-4-6-11-25)20-9-21-33-22-18-26(19-23-33)32-30(34)29-13-8-7-12-28(29)24-14-16-27(35-3)17-15-24/h4-8,10-17,26H,9,18-23H2,1-3H3,(H,32,34). The third-order valence-electron chi connectivity index (χ3n) is 7.33. The molecule has 0 spiro atoms. The summed E-state index contributed by atoms with van der Waals surface area (Å²) in [6, 6.07) is 26.7. The number of nitrogens with zero attached hydrogens (tertiary/aromatic N) is 1. The van der Waals surface area contributed by atoms with Gasteiger partial charge in [0.15, 0.2) is 0 Å². The number of benzene rings is 3. The van der Waals surface area contributed by atoms with Crippen molar-refractivity contribution in [3.05, 3.63) is 90.0 Å². The summed E-state index contributed by atoms with van der Waals surface area (Å²) in [5.41, 5.74) is 4.31. The number of methoxy groups -OCH3 is 1. The molecule has 4 heteroatoms. The molecule has 35 heavy (non-hydrogen) atoms. The van der Waals surface area contributed by atoms with Gasteiger partial charge in [-0.05, 0) is 72.5 Å². The zero-order valence-electron chi connectivity index (χ0n) is 21.3. The predicted octanol–water partition coefficient (Wildman–Crippen LogP) is 6.31. The van der Waals surface area contributed by atoms with Crippen LogP contribution in [-0.2, 0) is 5.41 Å². The van der Waals surface area contributed by atoms with E-state index in [0.717, 1.165) is 54.9 Å². The van der Waals surface area contributed by atoms with Crippen LogP contribution < -0.4 is 10.1 Å². The van der Waals surface area contributed by atoms with Crippen LogP contribution in [-0.4, -0.2) is 43.6 Å². The lowest BCUT2D eigenvalue weighted by molar-refractivity contribution is 0.0910. The molecule has 0 bridgehead atoms. The first kappa shape index (κ1) is 25.0. The highest BCUT2D eigenvalue weighted by Crippen LogP contribution is 2.29. The summed E-state index contributed by atoms with van der Waals surface area (Å²) >= 11 is 0. The van der Waals surface area contributed by atoms with Crippen molar-refractivity contribution in [2.24, 2.45) is 0 Å². The van der Waals surface area contributed by atoms with Crippen molar-refractivity contribution in [2.75, 3.05) is 26.7 Å². The Hall–Kier alpha value is -3.11. The van der Waals surface area contributed by atoms with Crippen molar-refractivity contribution < 1.29 is 9.53 Å². The van der Waals surface area contributed by atoms with Gasteiger partial charge in [0.1, 0.15) is 5.75 Å². The maximum atomic E-state index is 13.2. The number of carbonyl (C=O) groups excluding carboxylic acids is 1. The van der Waals surface area contributed by atoms with Gasteiger partial charge in [-0.2, -0.15) is 0 Å². The quantitative estimate of drug-likeness (QED) is 0.398. The number of hydrogen-bond donors (Lipinski definition) is 1. The molecule has 3 aromatic carbocycles. The highest BCUT2D eigenvalue weighted by atomic mass is 16.5. The lowest BCUT2D eigenvalue weighted by Crippen LogP contribution is -2.45. The third-order valence-corrected chi connectivity index (χ3v) is 7.33. The molecular formula is C31H38N2O2. The summed E-state index contributed by atoms with van der Waals surface area (Å²) in [7, 11) is 1.66. The van der Waals surface area contributed by atoms with E-state index in [1.54, 1.807) is 7.11 Å². The second-order valence-electron chi connectivity index (χ2n) is 10.2. The molecule has 1 fully saturated rings. The van der Waals surface area contributed by atoms with Crippen LogP contribution in [0, 0.1) is 0 Å². The molecule has 0 atom stereocenters. The van der Waals surface area contributed by atoms with E-state index in [-0.39, 0.29) is 17.4 Å². The van der Waals surface area contributed by atoms with Crippen LogP contribution in [0.3, 0.4) is 0 Å². The minimum atomic E-state index is 0.0134. The Morgan fingerprint density at radius 1 is 0.943 bits per heavy atom. The van der Waals surface area contributed by atoms with Gasteiger partial charge in [0.2, 0.25) is 0 Å². The van der Waals surface area contributed by atoms with E-state index in [1.807, 2.05) is 48.5 Å². The van der Waals surface area contributed by atoms with E-state index in [1.165, 1.54) is 18.4 Å². The molecule has 0 unspecified atom stereocenters. The number of amides is 1. The number of ether oxygens (including phenoxy) is 1. The van der Waals surface area contributed by atoms with Gasteiger partial charge in [-0.15, -0.1) is 0 Å². The molecule has 4 rings (SSSR count). The van der Waals surface area contributed by atoms with Gasteiger partial charge in [-0.1, -0.05) is 74.5 Å². The van der Waals surface area contributed by atoms with Crippen molar-refractivity contribution in [1.82, 2.24) is 10.2 Å². The third kappa shape index (κ3) is 6.52. The van der Waals surface area contributed by atoms with Gasteiger partial charge in [-0.3, -0.25) is 4.79 Å². The summed E-state index contributed by atoms with van der Waals surface area (Å²) in [5.74, 6) is 0.825. The van der Waals surface area contributed by atoms with Gasteiger partial charge < -0.3 is 15.0 Å². The number of rotatable bonds is 9.